The predicted octanol–water partition coefficient (Wildman–Crippen LogP) is 1.54. The molecule has 0 saturated heterocycles. The van der Waals surface area contributed by atoms with Gasteiger partial charge in [-0.2, -0.15) is 0 Å². The molecule has 3 nitrogen and oxygen atoms in total. The maximum Gasteiger partial charge on any atom is 0.157 e. The second-order valence-corrected chi connectivity index (χ2v) is 3.02. The van der Waals surface area contributed by atoms with Gasteiger partial charge < -0.3 is 10.2 Å². The van der Waals surface area contributed by atoms with Gasteiger partial charge in [0.25, 0.3) is 0 Å². The Kier molecular flexibility index (Phi) is 3.37. The zero-order valence-corrected chi connectivity index (χ0v) is 8.00. The van der Waals surface area contributed by atoms with Crippen LogP contribution in [-0.2, 0) is 6.42 Å². The Morgan fingerprint density at radius 1 is 1.25 bits per heavy atom. The molecule has 0 fully saturated rings. The maximum absolute atomic E-state index is 9.12. The van der Waals surface area contributed by atoms with E-state index in [2.05, 4.69) is 20.5 Å². The maximum atomic E-state index is 9.12. The molecule has 0 aliphatic carbocycles. The Labute approximate surface area is 79.4 Å². The molecule has 12 heavy (non-hydrogen) atoms. The van der Waals surface area contributed by atoms with Crippen molar-refractivity contribution in [3.63, 3.8) is 0 Å². The average Bonchev–Trinajstić information content (AvgIpc) is 2.07. The molecule has 0 bridgehead atoms. The van der Waals surface area contributed by atoms with Gasteiger partial charge in [0.05, 0.1) is 0 Å². The summed E-state index contributed by atoms with van der Waals surface area (Å²) in [6.07, 6.45) is 0.805. The zero-order valence-electron chi connectivity index (χ0n) is 6.42. The highest BCUT2D eigenvalue weighted by Crippen LogP contribution is 2.24. The van der Waals surface area contributed by atoms with Crippen LogP contribution in [0.2, 0.25) is 0 Å². The molecule has 4 heteroatoms. The highest BCUT2D eigenvalue weighted by Gasteiger charge is 1.99. The first-order valence-electron chi connectivity index (χ1n) is 3.58. The smallest absolute Gasteiger partial charge is 0.157 e. The van der Waals surface area contributed by atoms with Crippen LogP contribution in [-0.4, -0.2) is 16.8 Å². The van der Waals surface area contributed by atoms with Gasteiger partial charge in [-0.25, -0.2) is 0 Å². The predicted molar refractivity (Wildman–Crippen MR) is 50.4 cm³/mol. The van der Waals surface area contributed by atoms with Crippen molar-refractivity contribution in [3.05, 3.63) is 23.8 Å². The summed E-state index contributed by atoms with van der Waals surface area (Å²) in [4.78, 5) is 0. The molecule has 1 rings (SSSR count). The number of hydrogen-bond donors (Lipinski definition) is 3. The van der Waals surface area contributed by atoms with Crippen LogP contribution < -0.4 is 4.34 Å². The van der Waals surface area contributed by atoms with Gasteiger partial charge in [-0.1, -0.05) is 6.07 Å². The molecule has 0 saturated carbocycles. The third-order valence-electron chi connectivity index (χ3n) is 1.55. The summed E-state index contributed by atoms with van der Waals surface area (Å²) in [6, 6.07) is 4.82. The summed E-state index contributed by atoms with van der Waals surface area (Å²) >= 11 is 3.08. The fourth-order valence-corrected chi connectivity index (χ4v) is 1.11. The zero-order chi connectivity index (χ0) is 8.97. The van der Waals surface area contributed by atoms with Crippen molar-refractivity contribution in [2.24, 2.45) is 0 Å². The first kappa shape index (κ1) is 9.35. The Bertz CT molecular complexity index is 265. The van der Waals surface area contributed by atoms with Crippen LogP contribution in [0.5, 0.6) is 11.5 Å². The van der Waals surface area contributed by atoms with Crippen molar-refractivity contribution >= 4 is 16.1 Å². The van der Waals surface area contributed by atoms with E-state index in [1.807, 2.05) is 0 Å². The number of nitrogens with one attached hydrogen (secondary N) is 1. The Morgan fingerprint density at radius 2 is 2.00 bits per heavy atom. The number of benzene rings is 1. The van der Waals surface area contributed by atoms with Crippen molar-refractivity contribution in [2.45, 2.75) is 6.42 Å². The molecule has 0 unspecified atom stereocenters. The Balaban J connectivity index is 2.69. The molecule has 0 heterocycles. The van der Waals surface area contributed by atoms with E-state index in [9.17, 15) is 0 Å². The van der Waals surface area contributed by atoms with Crippen molar-refractivity contribution in [3.8, 4) is 11.5 Å². The fourth-order valence-electron chi connectivity index (χ4n) is 0.916. The van der Waals surface area contributed by atoms with Crippen molar-refractivity contribution in [1.29, 1.82) is 0 Å². The van der Waals surface area contributed by atoms with Crippen LogP contribution in [0, 0.1) is 0 Å². The SMILES string of the molecule is Oc1ccc(CCNBr)cc1O. The molecule has 0 aromatic heterocycles. The van der Waals surface area contributed by atoms with Crippen molar-refractivity contribution < 1.29 is 10.2 Å². The van der Waals surface area contributed by atoms with E-state index >= 15 is 0 Å². The van der Waals surface area contributed by atoms with Crippen LogP contribution in [0.25, 0.3) is 0 Å². The van der Waals surface area contributed by atoms with E-state index in [0.29, 0.717) is 0 Å². The van der Waals surface area contributed by atoms with E-state index in [-0.39, 0.29) is 11.5 Å². The van der Waals surface area contributed by atoms with Crippen LogP contribution in [0.15, 0.2) is 18.2 Å². The van der Waals surface area contributed by atoms with Gasteiger partial charge in [0.2, 0.25) is 0 Å². The molecular weight excluding hydrogens is 222 g/mol. The van der Waals surface area contributed by atoms with Crippen LogP contribution >= 0.6 is 16.1 Å². The summed E-state index contributed by atoms with van der Waals surface area (Å²) in [5.74, 6) is -0.146. The van der Waals surface area contributed by atoms with Gasteiger partial charge >= 0.3 is 0 Å². The highest BCUT2D eigenvalue weighted by atomic mass is 79.9. The summed E-state index contributed by atoms with van der Waals surface area (Å²) < 4.78 is 2.82. The standard InChI is InChI=1S/C8H10BrNO2/c9-10-4-3-6-1-2-7(11)8(12)5-6/h1-2,5,10-12H,3-4H2. The van der Waals surface area contributed by atoms with E-state index < -0.39 is 0 Å². The van der Waals surface area contributed by atoms with E-state index in [0.717, 1.165) is 18.5 Å². The van der Waals surface area contributed by atoms with E-state index in [1.165, 1.54) is 6.07 Å². The van der Waals surface area contributed by atoms with Gasteiger partial charge in [0.15, 0.2) is 11.5 Å². The molecule has 1 aromatic carbocycles. The monoisotopic (exact) mass is 231 g/mol. The van der Waals surface area contributed by atoms with Gasteiger partial charge in [-0.15, -0.1) is 0 Å². The van der Waals surface area contributed by atoms with Gasteiger partial charge in [-0.05, 0) is 24.1 Å². The molecule has 0 spiro atoms. The molecule has 0 aliphatic rings. The Hall–Kier alpha value is -0.740. The lowest BCUT2D eigenvalue weighted by Gasteiger charge is -2.01. The molecule has 0 radical (unpaired) electrons. The number of hydrogen-bond acceptors (Lipinski definition) is 3. The van der Waals surface area contributed by atoms with Gasteiger partial charge in [0.1, 0.15) is 0 Å². The average molecular weight is 232 g/mol. The third-order valence-corrected chi connectivity index (χ3v) is 1.94. The lowest BCUT2D eigenvalue weighted by Crippen LogP contribution is -2.03. The minimum Gasteiger partial charge on any atom is -0.504 e. The van der Waals surface area contributed by atoms with Crippen LogP contribution in [0.4, 0.5) is 0 Å². The summed E-state index contributed by atoms with van der Waals surface area (Å²) in [5.41, 5.74) is 0.984. The van der Waals surface area contributed by atoms with Gasteiger partial charge in [0, 0.05) is 22.7 Å². The molecule has 0 amide bonds. The lowest BCUT2D eigenvalue weighted by atomic mass is 10.1. The normalized spacial score (nSPS) is 10.1. The summed E-state index contributed by atoms with van der Waals surface area (Å²) in [7, 11) is 0. The van der Waals surface area contributed by atoms with Crippen LogP contribution in [0.3, 0.4) is 0 Å². The molecule has 1 aromatic rings. The third kappa shape index (κ3) is 2.39. The first-order valence-corrected chi connectivity index (χ1v) is 4.37. The number of aromatic hydroxyl groups is 2. The minimum atomic E-state index is -0.0782. The van der Waals surface area contributed by atoms with Gasteiger partial charge in [-0.3, -0.25) is 4.34 Å². The van der Waals surface area contributed by atoms with Crippen LogP contribution in [0.1, 0.15) is 5.56 Å². The lowest BCUT2D eigenvalue weighted by molar-refractivity contribution is 0.403. The molecule has 3 N–H and O–H groups in total. The summed E-state index contributed by atoms with van der Waals surface area (Å²) in [5, 5.41) is 18.1. The highest BCUT2D eigenvalue weighted by molar-refractivity contribution is 9.08. The number of phenolic OH excluding ortho intramolecular Hbond substituents is 2. The molecule has 66 valence electrons. The molecular formula is C8H10BrNO2. The minimum absolute atomic E-state index is 0.0675. The first-order chi connectivity index (χ1) is 5.74. The molecule has 0 atom stereocenters. The summed E-state index contributed by atoms with van der Waals surface area (Å²) in [6.45, 7) is 0.782. The van der Waals surface area contributed by atoms with E-state index in [1.54, 1.807) is 12.1 Å². The number of rotatable bonds is 3. The number of phenols is 2. The largest absolute Gasteiger partial charge is 0.504 e. The Morgan fingerprint density at radius 3 is 2.58 bits per heavy atom. The second kappa shape index (κ2) is 4.33. The topological polar surface area (TPSA) is 52.5 Å². The molecule has 0 aliphatic heterocycles. The van der Waals surface area contributed by atoms with E-state index in [4.69, 9.17) is 10.2 Å². The van der Waals surface area contributed by atoms with Crippen molar-refractivity contribution in [1.82, 2.24) is 4.34 Å². The van der Waals surface area contributed by atoms with Crippen molar-refractivity contribution in [2.75, 3.05) is 6.54 Å². The second-order valence-electron chi connectivity index (χ2n) is 2.46. The number of halogens is 1. The quantitative estimate of drug-likeness (QED) is 0.547. The fraction of sp³-hybridized carbons (Fsp3) is 0.250.